The van der Waals surface area contributed by atoms with E-state index in [1.54, 1.807) is 27.4 Å². The third kappa shape index (κ3) is 3.33. The lowest BCUT2D eigenvalue weighted by atomic mass is 10.2. The molecule has 134 valence electrons. The van der Waals surface area contributed by atoms with Gasteiger partial charge in [0.05, 0.1) is 37.8 Å². The fourth-order valence-electron chi connectivity index (χ4n) is 2.56. The predicted octanol–water partition coefficient (Wildman–Crippen LogP) is 2.71. The molecule has 0 spiro atoms. The molecular formula is C16H14F2N6OS. The van der Waals surface area contributed by atoms with Crippen LogP contribution in [0.25, 0.3) is 0 Å². The summed E-state index contributed by atoms with van der Waals surface area (Å²) in [5, 5.41) is 15.9. The number of nitrogens with one attached hydrogen (secondary N) is 1. The van der Waals surface area contributed by atoms with E-state index in [0.29, 0.717) is 18.8 Å². The highest BCUT2D eigenvalue weighted by atomic mass is 32.2. The highest BCUT2D eigenvalue weighted by Gasteiger charge is 2.25. The van der Waals surface area contributed by atoms with E-state index in [2.05, 4.69) is 20.4 Å². The van der Waals surface area contributed by atoms with Gasteiger partial charge in [0.25, 0.3) is 0 Å². The van der Waals surface area contributed by atoms with Gasteiger partial charge in [-0.25, -0.2) is 13.8 Å². The minimum Gasteiger partial charge on any atom is -0.394 e. The normalized spacial score (nSPS) is 13.1. The Bertz CT molecular complexity index is 950. The number of aliphatic hydroxyl groups excluding tert-OH is 1. The summed E-state index contributed by atoms with van der Waals surface area (Å²) in [6.45, 7) is 0.696. The second-order valence-electron chi connectivity index (χ2n) is 5.59. The number of fused-ring (bicyclic) bond motifs is 1. The number of aliphatic hydroxyl groups is 1. The molecule has 0 aliphatic carbocycles. The number of hydrogen-bond acceptors (Lipinski definition) is 7. The molecule has 0 bridgehead atoms. The lowest BCUT2D eigenvalue weighted by Gasteiger charge is -2.16. The largest absolute Gasteiger partial charge is 0.394 e. The number of rotatable bonds is 5. The minimum absolute atomic E-state index is 0.0222. The van der Waals surface area contributed by atoms with Gasteiger partial charge in [-0.15, -0.1) is 0 Å². The van der Waals surface area contributed by atoms with Crippen LogP contribution in [-0.4, -0.2) is 31.5 Å². The molecule has 1 aliphatic rings. The molecule has 0 saturated heterocycles. The van der Waals surface area contributed by atoms with Crippen LogP contribution in [0.4, 0.5) is 26.2 Å². The Morgan fingerprint density at radius 2 is 2.15 bits per heavy atom. The molecule has 2 aromatic heterocycles. The maximum atomic E-state index is 14.2. The number of benzene rings is 1. The fraction of sp³-hybridized carbons (Fsp3) is 0.188. The first-order chi connectivity index (χ1) is 12.6. The van der Waals surface area contributed by atoms with Crippen molar-refractivity contribution < 1.29 is 13.9 Å². The van der Waals surface area contributed by atoms with Crippen LogP contribution in [0.15, 0.2) is 41.7 Å². The molecule has 0 saturated carbocycles. The summed E-state index contributed by atoms with van der Waals surface area (Å²) >= 11 is 1.30. The summed E-state index contributed by atoms with van der Waals surface area (Å²) in [4.78, 5) is 9.05. The van der Waals surface area contributed by atoms with Gasteiger partial charge in [0.2, 0.25) is 5.95 Å². The van der Waals surface area contributed by atoms with Crippen molar-refractivity contribution in [1.29, 1.82) is 0 Å². The fourth-order valence-corrected chi connectivity index (χ4v) is 3.58. The van der Waals surface area contributed by atoms with Crippen LogP contribution >= 0.6 is 11.9 Å². The van der Waals surface area contributed by atoms with Crippen LogP contribution in [0.2, 0.25) is 0 Å². The second-order valence-corrected chi connectivity index (χ2v) is 6.65. The molecule has 3 heterocycles. The van der Waals surface area contributed by atoms with E-state index in [-0.39, 0.29) is 24.2 Å². The Morgan fingerprint density at radius 1 is 1.27 bits per heavy atom. The van der Waals surface area contributed by atoms with Crippen molar-refractivity contribution in [2.45, 2.75) is 18.0 Å². The average Bonchev–Trinajstić information content (AvgIpc) is 3.23. The summed E-state index contributed by atoms with van der Waals surface area (Å²) < 4.78 is 30.8. The lowest BCUT2D eigenvalue weighted by Crippen LogP contribution is -2.13. The van der Waals surface area contributed by atoms with Crippen molar-refractivity contribution in [2.24, 2.45) is 0 Å². The zero-order chi connectivity index (χ0) is 18.1. The first kappa shape index (κ1) is 16.7. The van der Waals surface area contributed by atoms with Crippen molar-refractivity contribution >= 4 is 29.4 Å². The maximum absolute atomic E-state index is 14.2. The van der Waals surface area contributed by atoms with Gasteiger partial charge in [-0.05, 0) is 35.7 Å². The van der Waals surface area contributed by atoms with Crippen LogP contribution in [0.1, 0.15) is 5.56 Å². The lowest BCUT2D eigenvalue weighted by molar-refractivity contribution is 0.269. The monoisotopic (exact) mass is 376 g/mol. The van der Waals surface area contributed by atoms with E-state index in [1.807, 2.05) is 0 Å². The Kier molecular flexibility index (Phi) is 4.43. The first-order valence-electron chi connectivity index (χ1n) is 7.79. The van der Waals surface area contributed by atoms with Crippen LogP contribution in [-0.2, 0) is 13.1 Å². The highest BCUT2D eigenvalue weighted by Crippen LogP contribution is 2.40. The standard InChI is InChI=1S/C16H14F2N6OS/c17-11-1-2-14-10(5-11)8-24(26-14)15-13(18)7-19-16(22-15)21-12-6-20-23(9-12)3-4-25/h1-2,5-7,9,25H,3-4,8H2,(H,19,21,22). The molecule has 7 nitrogen and oxygen atoms in total. The minimum atomic E-state index is -0.563. The molecule has 0 fully saturated rings. The zero-order valence-electron chi connectivity index (χ0n) is 13.4. The molecule has 1 aromatic carbocycles. The van der Waals surface area contributed by atoms with E-state index in [4.69, 9.17) is 5.11 Å². The van der Waals surface area contributed by atoms with Crippen LogP contribution in [0, 0.1) is 11.6 Å². The van der Waals surface area contributed by atoms with Crippen LogP contribution in [0.5, 0.6) is 0 Å². The molecule has 26 heavy (non-hydrogen) atoms. The van der Waals surface area contributed by atoms with Gasteiger partial charge in [0.15, 0.2) is 11.6 Å². The number of aromatic nitrogens is 4. The zero-order valence-corrected chi connectivity index (χ0v) is 14.2. The first-order valence-corrected chi connectivity index (χ1v) is 8.56. The third-order valence-corrected chi connectivity index (χ3v) is 4.84. The molecule has 10 heteroatoms. The molecule has 1 aliphatic heterocycles. The Balaban J connectivity index is 1.55. The molecule has 0 atom stereocenters. The number of anilines is 3. The van der Waals surface area contributed by atoms with E-state index in [1.165, 1.54) is 24.1 Å². The van der Waals surface area contributed by atoms with Gasteiger partial charge in [-0.2, -0.15) is 10.1 Å². The summed E-state index contributed by atoms with van der Waals surface area (Å²) in [5.41, 5.74) is 1.41. The smallest absolute Gasteiger partial charge is 0.229 e. The molecular weight excluding hydrogens is 362 g/mol. The molecule has 0 radical (unpaired) electrons. The van der Waals surface area contributed by atoms with Crippen LogP contribution in [0.3, 0.4) is 0 Å². The predicted molar refractivity (Wildman–Crippen MR) is 93.0 cm³/mol. The van der Waals surface area contributed by atoms with Crippen molar-refractivity contribution in [1.82, 2.24) is 19.7 Å². The number of nitrogens with zero attached hydrogens (tertiary/aromatic N) is 5. The molecule has 4 rings (SSSR count). The number of halogens is 2. The van der Waals surface area contributed by atoms with E-state index < -0.39 is 5.82 Å². The van der Waals surface area contributed by atoms with Crippen molar-refractivity contribution in [3.8, 4) is 0 Å². The Labute approximate surface area is 151 Å². The van der Waals surface area contributed by atoms with Gasteiger partial charge in [-0.1, -0.05) is 0 Å². The molecule has 0 amide bonds. The van der Waals surface area contributed by atoms with Gasteiger partial charge < -0.3 is 10.4 Å². The number of hydrogen-bond donors (Lipinski definition) is 2. The SMILES string of the molecule is OCCn1cc(Nc2ncc(F)c(N3Cc4cc(F)ccc4S3)n2)cn1. The Hall–Kier alpha value is -2.72. The maximum Gasteiger partial charge on any atom is 0.229 e. The second kappa shape index (κ2) is 6.89. The summed E-state index contributed by atoms with van der Waals surface area (Å²) in [6, 6.07) is 4.49. The molecule has 3 aromatic rings. The van der Waals surface area contributed by atoms with E-state index >= 15 is 0 Å². The highest BCUT2D eigenvalue weighted by molar-refractivity contribution is 8.01. The van der Waals surface area contributed by atoms with Gasteiger partial charge >= 0.3 is 0 Å². The van der Waals surface area contributed by atoms with Gasteiger partial charge in [0.1, 0.15) is 5.82 Å². The quantitative estimate of drug-likeness (QED) is 0.663. The van der Waals surface area contributed by atoms with Gasteiger partial charge in [0, 0.05) is 11.1 Å². The third-order valence-electron chi connectivity index (χ3n) is 3.73. The van der Waals surface area contributed by atoms with E-state index in [0.717, 1.165) is 16.7 Å². The molecule has 2 N–H and O–H groups in total. The summed E-state index contributed by atoms with van der Waals surface area (Å²) in [5.74, 6) is -0.552. The Morgan fingerprint density at radius 3 is 3.00 bits per heavy atom. The van der Waals surface area contributed by atoms with Crippen molar-refractivity contribution in [2.75, 3.05) is 16.2 Å². The summed E-state index contributed by atoms with van der Waals surface area (Å²) in [6.07, 6.45) is 4.34. The average molecular weight is 376 g/mol. The molecule has 0 unspecified atom stereocenters. The van der Waals surface area contributed by atoms with Crippen LogP contribution < -0.4 is 9.62 Å². The summed E-state index contributed by atoms with van der Waals surface area (Å²) in [7, 11) is 0. The topological polar surface area (TPSA) is 79.1 Å². The van der Waals surface area contributed by atoms with Gasteiger partial charge in [-0.3, -0.25) is 8.99 Å². The van der Waals surface area contributed by atoms with Crippen molar-refractivity contribution in [3.63, 3.8) is 0 Å². The van der Waals surface area contributed by atoms with Crippen molar-refractivity contribution in [3.05, 3.63) is 54.0 Å². The van der Waals surface area contributed by atoms with E-state index in [9.17, 15) is 8.78 Å².